The Morgan fingerprint density at radius 3 is 2.50 bits per heavy atom. The predicted molar refractivity (Wildman–Crippen MR) is 118 cm³/mol. The van der Waals surface area contributed by atoms with Gasteiger partial charge in [-0.2, -0.15) is 5.10 Å². The number of amides is 2. The number of pyridine rings is 1. The molecule has 0 aliphatic carbocycles. The molecule has 0 bridgehead atoms. The van der Waals surface area contributed by atoms with Crippen LogP contribution in [0, 0.1) is 11.8 Å². The lowest BCUT2D eigenvalue weighted by atomic mass is 10.1. The average Bonchev–Trinajstić information content (AvgIpc) is 3.38. The molecule has 4 rings (SSSR count). The van der Waals surface area contributed by atoms with Crippen molar-refractivity contribution in [1.29, 1.82) is 0 Å². The Bertz CT molecular complexity index is 1140. The molecule has 0 radical (unpaired) electrons. The average molecular weight is 429 g/mol. The number of piperazine rings is 1. The molecule has 162 valence electrons. The van der Waals surface area contributed by atoms with E-state index in [4.69, 9.17) is 4.74 Å². The van der Waals surface area contributed by atoms with E-state index in [0.717, 1.165) is 5.69 Å². The highest BCUT2D eigenvalue weighted by Gasteiger charge is 2.25. The number of nitrogens with zero attached hydrogens (tertiary/aromatic N) is 5. The number of carbonyl (C=O) groups excluding carboxylic acids is 2. The van der Waals surface area contributed by atoms with Crippen molar-refractivity contribution in [3.8, 4) is 17.5 Å². The van der Waals surface area contributed by atoms with Crippen LogP contribution in [0.1, 0.15) is 28.5 Å². The van der Waals surface area contributed by atoms with Crippen LogP contribution in [0.2, 0.25) is 0 Å². The molecule has 8 nitrogen and oxygen atoms in total. The molecule has 0 spiro atoms. The SMILES string of the molecule is CCOC(=O)N1CCN(C(=O)c2ccc(-n3cccn3)c(C#Cc3ccccn3)c2)CC1. The lowest BCUT2D eigenvalue weighted by Crippen LogP contribution is -2.50. The molecule has 8 heteroatoms. The summed E-state index contributed by atoms with van der Waals surface area (Å²) in [4.78, 5) is 32.6. The number of carbonyl (C=O) groups is 2. The van der Waals surface area contributed by atoms with E-state index in [2.05, 4.69) is 21.9 Å². The highest BCUT2D eigenvalue weighted by atomic mass is 16.6. The molecule has 32 heavy (non-hydrogen) atoms. The molecule has 0 saturated carbocycles. The van der Waals surface area contributed by atoms with Gasteiger partial charge in [0.2, 0.25) is 0 Å². The smallest absolute Gasteiger partial charge is 0.409 e. The van der Waals surface area contributed by atoms with Crippen LogP contribution in [0.5, 0.6) is 0 Å². The Hall–Kier alpha value is -4.12. The van der Waals surface area contributed by atoms with E-state index in [1.165, 1.54) is 0 Å². The van der Waals surface area contributed by atoms with Gasteiger partial charge in [-0.25, -0.2) is 14.5 Å². The fraction of sp³-hybridized carbons (Fsp3) is 0.250. The molecule has 0 unspecified atom stereocenters. The van der Waals surface area contributed by atoms with Crippen molar-refractivity contribution in [2.24, 2.45) is 0 Å². The first kappa shape index (κ1) is 21.1. The summed E-state index contributed by atoms with van der Waals surface area (Å²) in [6.07, 6.45) is 4.87. The number of hydrogen-bond acceptors (Lipinski definition) is 5. The van der Waals surface area contributed by atoms with Gasteiger partial charge >= 0.3 is 6.09 Å². The maximum atomic E-state index is 13.1. The number of hydrogen-bond donors (Lipinski definition) is 0. The number of rotatable bonds is 3. The van der Waals surface area contributed by atoms with Crippen molar-refractivity contribution in [1.82, 2.24) is 24.6 Å². The Kier molecular flexibility index (Phi) is 6.46. The Morgan fingerprint density at radius 1 is 1.00 bits per heavy atom. The van der Waals surface area contributed by atoms with Crippen molar-refractivity contribution >= 4 is 12.0 Å². The minimum absolute atomic E-state index is 0.0959. The monoisotopic (exact) mass is 429 g/mol. The summed E-state index contributed by atoms with van der Waals surface area (Å²) >= 11 is 0. The quantitative estimate of drug-likeness (QED) is 0.598. The third-order valence-electron chi connectivity index (χ3n) is 5.08. The third kappa shape index (κ3) is 4.78. The second kappa shape index (κ2) is 9.79. The van der Waals surface area contributed by atoms with Crippen LogP contribution in [0.15, 0.2) is 61.1 Å². The molecule has 0 N–H and O–H groups in total. The summed E-state index contributed by atoms with van der Waals surface area (Å²) in [5.41, 5.74) is 2.64. The number of benzene rings is 1. The van der Waals surface area contributed by atoms with E-state index >= 15 is 0 Å². The van der Waals surface area contributed by atoms with Gasteiger partial charge in [-0.3, -0.25) is 4.79 Å². The van der Waals surface area contributed by atoms with Crippen molar-refractivity contribution < 1.29 is 14.3 Å². The van der Waals surface area contributed by atoms with Gasteiger partial charge in [0.05, 0.1) is 17.9 Å². The standard InChI is InChI=1S/C24H23N5O3/c1-2-32-24(31)28-16-14-27(15-17-28)23(30)20-8-10-22(29-13-5-12-26-29)19(18-20)7-9-21-6-3-4-11-25-21/h3-6,8,10-13,18H,2,14-17H2,1H3. The van der Waals surface area contributed by atoms with Crippen molar-refractivity contribution in [3.05, 3.63) is 77.9 Å². The van der Waals surface area contributed by atoms with Gasteiger partial charge in [-0.05, 0) is 49.2 Å². The van der Waals surface area contributed by atoms with Gasteiger partial charge in [0.1, 0.15) is 5.69 Å². The number of aromatic nitrogens is 3. The van der Waals surface area contributed by atoms with Crippen LogP contribution in [-0.2, 0) is 4.74 Å². The second-order valence-electron chi connectivity index (χ2n) is 7.13. The molecule has 1 aliphatic heterocycles. The molecule has 1 aliphatic rings. The molecule has 1 saturated heterocycles. The fourth-order valence-corrected chi connectivity index (χ4v) is 3.44. The van der Waals surface area contributed by atoms with Crippen LogP contribution in [0.25, 0.3) is 5.69 Å². The normalized spacial score (nSPS) is 13.3. The molecule has 2 aromatic heterocycles. The summed E-state index contributed by atoms with van der Waals surface area (Å²) in [5.74, 6) is 6.10. The summed E-state index contributed by atoms with van der Waals surface area (Å²) in [6.45, 7) is 3.91. The zero-order chi connectivity index (χ0) is 22.3. The number of ether oxygens (including phenoxy) is 1. The van der Waals surface area contributed by atoms with Crippen LogP contribution in [0.3, 0.4) is 0 Å². The van der Waals surface area contributed by atoms with Gasteiger partial charge in [0, 0.05) is 50.3 Å². The van der Waals surface area contributed by atoms with E-state index in [9.17, 15) is 9.59 Å². The minimum Gasteiger partial charge on any atom is -0.450 e. The molecule has 1 fully saturated rings. The summed E-state index contributed by atoms with van der Waals surface area (Å²) in [6, 6.07) is 12.8. The molecule has 1 aromatic carbocycles. The first-order valence-electron chi connectivity index (χ1n) is 10.4. The summed E-state index contributed by atoms with van der Waals surface area (Å²) in [7, 11) is 0. The third-order valence-corrected chi connectivity index (χ3v) is 5.08. The largest absolute Gasteiger partial charge is 0.450 e. The van der Waals surface area contributed by atoms with E-state index in [1.54, 1.807) is 45.9 Å². The zero-order valence-corrected chi connectivity index (χ0v) is 17.8. The van der Waals surface area contributed by atoms with Crippen molar-refractivity contribution in [2.75, 3.05) is 32.8 Å². The highest BCUT2D eigenvalue weighted by molar-refractivity contribution is 5.95. The minimum atomic E-state index is -0.338. The van der Waals surface area contributed by atoms with Gasteiger partial charge < -0.3 is 14.5 Å². The lowest BCUT2D eigenvalue weighted by Gasteiger charge is -2.34. The maximum absolute atomic E-state index is 13.1. The maximum Gasteiger partial charge on any atom is 0.409 e. The molecule has 3 heterocycles. The van der Waals surface area contributed by atoms with E-state index < -0.39 is 0 Å². The predicted octanol–water partition coefficient (Wildman–Crippen LogP) is 2.58. The molecule has 3 aromatic rings. The molecular formula is C24H23N5O3. The lowest BCUT2D eigenvalue weighted by molar-refractivity contribution is 0.0570. The Morgan fingerprint density at radius 2 is 1.81 bits per heavy atom. The molecular weight excluding hydrogens is 406 g/mol. The highest BCUT2D eigenvalue weighted by Crippen LogP contribution is 2.18. The van der Waals surface area contributed by atoms with E-state index in [0.29, 0.717) is 49.6 Å². The first-order valence-corrected chi connectivity index (χ1v) is 10.4. The second-order valence-corrected chi connectivity index (χ2v) is 7.13. The Balaban J connectivity index is 1.57. The zero-order valence-electron chi connectivity index (χ0n) is 17.8. The van der Waals surface area contributed by atoms with Crippen LogP contribution >= 0.6 is 0 Å². The summed E-state index contributed by atoms with van der Waals surface area (Å²) < 4.78 is 6.76. The Labute approximate surface area is 186 Å². The van der Waals surface area contributed by atoms with Gasteiger partial charge in [-0.1, -0.05) is 12.0 Å². The first-order chi connectivity index (χ1) is 15.7. The fourth-order valence-electron chi connectivity index (χ4n) is 3.44. The van der Waals surface area contributed by atoms with Crippen molar-refractivity contribution in [2.45, 2.75) is 6.92 Å². The van der Waals surface area contributed by atoms with Gasteiger partial charge in [0.25, 0.3) is 5.91 Å². The molecule has 0 atom stereocenters. The topological polar surface area (TPSA) is 80.6 Å². The van der Waals surface area contributed by atoms with Crippen molar-refractivity contribution in [3.63, 3.8) is 0 Å². The van der Waals surface area contributed by atoms with Gasteiger partial charge in [0.15, 0.2) is 0 Å². The molecule has 2 amide bonds. The summed E-state index contributed by atoms with van der Waals surface area (Å²) in [5, 5.41) is 4.30. The van der Waals surface area contributed by atoms with Gasteiger partial charge in [-0.15, -0.1) is 0 Å². The van der Waals surface area contributed by atoms with E-state index in [-0.39, 0.29) is 12.0 Å². The van der Waals surface area contributed by atoms with Crippen LogP contribution in [0.4, 0.5) is 4.79 Å². The van der Waals surface area contributed by atoms with Crippen LogP contribution in [-0.4, -0.2) is 69.4 Å². The van der Waals surface area contributed by atoms with E-state index in [1.807, 2.05) is 36.5 Å². The van der Waals surface area contributed by atoms with Crippen LogP contribution < -0.4 is 0 Å².